The molecule has 0 unspecified atom stereocenters. The number of benzene rings is 1. The largest absolute Gasteiger partial charge is 0.487 e. The summed E-state index contributed by atoms with van der Waals surface area (Å²) in [6, 6.07) is -0.700. The van der Waals surface area contributed by atoms with Crippen LogP contribution in [0.4, 0.5) is 5.69 Å². The molecule has 0 amide bonds. The van der Waals surface area contributed by atoms with Crippen molar-refractivity contribution >= 4 is 17.6 Å². The number of rotatable bonds is 7. The molecule has 0 aromatic heterocycles. The number of anilines is 1. The van der Waals surface area contributed by atoms with E-state index in [4.69, 9.17) is 16.2 Å². The van der Waals surface area contributed by atoms with Crippen molar-refractivity contribution < 1.29 is 14.6 Å². The predicted molar refractivity (Wildman–Crippen MR) is 104 cm³/mol. The molecule has 0 fully saturated rings. The Labute approximate surface area is 154 Å². The Balaban J connectivity index is 2.26. The van der Waals surface area contributed by atoms with E-state index in [-0.39, 0.29) is 11.6 Å². The number of ether oxygens (including phenoxy) is 1. The second-order valence-corrected chi connectivity index (χ2v) is 7.58. The molecule has 1 aliphatic heterocycles. The fourth-order valence-corrected chi connectivity index (χ4v) is 3.43. The van der Waals surface area contributed by atoms with Crippen molar-refractivity contribution in [2.45, 2.75) is 65.5 Å². The normalized spacial score (nSPS) is 15.7. The van der Waals surface area contributed by atoms with Gasteiger partial charge >= 0.3 is 5.97 Å². The highest BCUT2D eigenvalue weighted by molar-refractivity contribution is 5.80. The molecule has 1 atom stereocenters. The highest BCUT2D eigenvalue weighted by atomic mass is 16.5. The molecule has 0 spiro atoms. The Morgan fingerprint density at radius 3 is 2.50 bits per heavy atom. The van der Waals surface area contributed by atoms with Crippen LogP contribution in [0.5, 0.6) is 5.75 Å². The summed E-state index contributed by atoms with van der Waals surface area (Å²) in [4.78, 5) is 15.6. The van der Waals surface area contributed by atoms with Gasteiger partial charge in [0.1, 0.15) is 17.4 Å². The molecule has 0 radical (unpaired) electrons. The van der Waals surface area contributed by atoms with Crippen LogP contribution in [0.1, 0.15) is 48.9 Å². The summed E-state index contributed by atoms with van der Waals surface area (Å²) < 4.78 is 6.11. The number of nitrogens with zero attached hydrogens (tertiary/aromatic N) is 1. The number of fused-ring (bicyclic) bond motifs is 1. The fraction of sp³-hybridized carbons (Fsp3) is 0.579. The van der Waals surface area contributed by atoms with Crippen LogP contribution in [0.2, 0.25) is 0 Å². The quantitative estimate of drug-likeness (QED) is 0.335. The molecule has 6 N–H and O–H groups in total. The van der Waals surface area contributed by atoms with Gasteiger partial charge < -0.3 is 26.6 Å². The van der Waals surface area contributed by atoms with Gasteiger partial charge in [0.25, 0.3) is 0 Å². The summed E-state index contributed by atoms with van der Waals surface area (Å²) in [6.07, 6.45) is 1.83. The van der Waals surface area contributed by atoms with E-state index in [0.29, 0.717) is 19.4 Å². The van der Waals surface area contributed by atoms with Gasteiger partial charge in [-0.1, -0.05) is 0 Å². The van der Waals surface area contributed by atoms with E-state index in [9.17, 15) is 9.90 Å². The molecule has 2 rings (SSSR count). The van der Waals surface area contributed by atoms with Gasteiger partial charge in [0, 0.05) is 24.2 Å². The summed E-state index contributed by atoms with van der Waals surface area (Å²) in [7, 11) is 0. The van der Waals surface area contributed by atoms with E-state index in [0.717, 1.165) is 40.1 Å². The maximum atomic E-state index is 11.7. The van der Waals surface area contributed by atoms with Gasteiger partial charge in [0.15, 0.2) is 5.96 Å². The van der Waals surface area contributed by atoms with E-state index in [2.05, 4.69) is 24.2 Å². The number of carboxylic acid groups (broad SMARTS) is 1. The third-order valence-electron chi connectivity index (χ3n) is 4.92. The first-order valence-electron chi connectivity index (χ1n) is 8.90. The van der Waals surface area contributed by atoms with Gasteiger partial charge in [-0.15, -0.1) is 0 Å². The third-order valence-corrected chi connectivity index (χ3v) is 4.92. The standard InChI is InChI=1S/C19H30N4O3/c1-10-11(2)16-13(9-19(4,5)26-16)12(3)15(10)23-14(17(24)25)7-6-8-22-18(20)21/h14,23H,6-9H2,1-5H3,(H,24,25)(H4,20,21,22)/t14-/m0/s1. The molecule has 7 nitrogen and oxygen atoms in total. The van der Waals surface area contributed by atoms with E-state index in [1.54, 1.807) is 0 Å². The summed E-state index contributed by atoms with van der Waals surface area (Å²) in [5.74, 6) is 0.0757. The lowest BCUT2D eigenvalue weighted by atomic mass is 9.92. The molecule has 0 aliphatic carbocycles. The Morgan fingerprint density at radius 2 is 1.92 bits per heavy atom. The van der Waals surface area contributed by atoms with Crippen LogP contribution >= 0.6 is 0 Å². The van der Waals surface area contributed by atoms with Crippen molar-refractivity contribution in [1.82, 2.24) is 0 Å². The SMILES string of the molecule is Cc1c(C)c2c(c(C)c1N[C@@H](CCCN=C(N)N)C(=O)O)CC(C)(C)O2. The minimum atomic E-state index is -0.886. The highest BCUT2D eigenvalue weighted by Gasteiger charge is 2.34. The molecule has 1 aromatic carbocycles. The maximum Gasteiger partial charge on any atom is 0.326 e. The number of carboxylic acids is 1. The Morgan fingerprint density at radius 1 is 1.27 bits per heavy atom. The van der Waals surface area contributed by atoms with Crippen molar-refractivity contribution in [2.24, 2.45) is 16.5 Å². The molecule has 1 heterocycles. The molecule has 0 saturated heterocycles. The zero-order chi connectivity index (χ0) is 19.6. The van der Waals surface area contributed by atoms with Gasteiger partial charge in [0.2, 0.25) is 0 Å². The number of carbonyl (C=O) groups is 1. The van der Waals surface area contributed by atoms with Crippen LogP contribution in [0, 0.1) is 20.8 Å². The summed E-state index contributed by atoms with van der Waals surface area (Å²) >= 11 is 0. The topological polar surface area (TPSA) is 123 Å². The number of aliphatic imine (C=N–C) groups is 1. The lowest BCUT2D eigenvalue weighted by Crippen LogP contribution is -2.30. The van der Waals surface area contributed by atoms with E-state index in [1.165, 1.54) is 0 Å². The third kappa shape index (κ3) is 4.20. The molecule has 0 saturated carbocycles. The first-order chi connectivity index (χ1) is 12.0. The molecule has 7 heteroatoms. The van der Waals surface area contributed by atoms with Crippen molar-refractivity contribution in [2.75, 3.05) is 11.9 Å². The van der Waals surface area contributed by atoms with Crippen LogP contribution in [-0.2, 0) is 11.2 Å². The average molecular weight is 362 g/mol. The zero-order valence-electron chi connectivity index (χ0n) is 16.3. The molecule has 1 aliphatic rings. The zero-order valence-corrected chi connectivity index (χ0v) is 16.3. The van der Waals surface area contributed by atoms with E-state index >= 15 is 0 Å². The molecule has 26 heavy (non-hydrogen) atoms. The van der Waals surface area contributed by atoms with Gasteiger partial charge in [-0.25, -0.2) is 4.79 Å². The van der Waals surface area contributed by atoms with Gasteiger partial charge in [-0.05, 0) is 64.2 Å². The number of aliphatic carboxylic acids is 1. The maximum absolute atomic E-state index is 11.7. The second-order valence-electron chi connectivity index (χ2n) is 7.58. The Hall–Kier alpha value is -2.44. The molecular formula is C19H30N4O3. The van der Waals surface area contributed by atoms with Gasteiger partial charge in [0.05, 0.1) is 0 Å². The van der Waals surface area contributed by atoms with Crippen molar-refractivity contribution in [1.29, 1.82) is 0 Å². The minimum absolute atomic E-state index is 0.0217. The smallest absolute Gasteiger partial charge is 0.326 e. The van der Waals surface area contributed by atoms with Crippen LogP contribution in [0.3, 0.4) is 0 Å². The van der Waals surface area contributed by atoms with Gasteiger partial charge in [-0.3, -0.25) is 4.99 Å². The fourth-order valence-electron chi connectivity index (χ4n) is 3.43. The minimum Gasteiger partial charge on any atom is -0.487 e. The second kappa shape index (κ2) is 7.43. The lowest BCUT2D eigenvalue weighted by Gasteiger charge is -2.22. The number of hydrogen-bond donors (Lipinski definition) is 4. The Kier molecular flexibility index (Phi) is 5.68. The van der Waals surface area contributed by atoms with Crippen molar-refractivity contribution in [3.8, 4) is 5.75 Å². The van der Waals surface area contributed by atoms with Crippen LogP contribution in [-0.4, -0.2) is 35.2 Å². The van der Waals surface area contributed by atoms with Crippen molar-refractivity contribution in [3.63, 3.8) is 0 Å². The van der Waals surface area contributed by atoms with Gasteiger partial charge in [-0.2, -0.15) is 0 Å². The summed E-state index contributed by atoms with van der Waals surface area (Å²) in [5.41, 5.74) is 15.6. The Bertz CT molecular complexity index is 737. The lowest BCUT2D eigenvalue weighted by molar-refractivity contribution is -0.138. The monoisotopic (exact) mass is 362 g/mol. The van der Waals surface area contributed by atoms with E-state index in [1.807, 2.05) is 20.8 Å². The molecule has 0 bridgehead atoms. The van der Waals surface area contributed by atoms with Crippen LogP contribution < -0.4 is 21.5 Å². The van der Waals surface area contributed by atoms with Crippen LogP contribution in [0.25, 0.3) is 0 Å². The summed E-state index contributed by atoms with van der Waals surface area (Å²) in [5, 5.41) is 12.8. The highest BCUT2D eigenvalue weighted by Crippen LogP contribution is 2.44. The van der Waals surface area contributed by atoms with Crippen LogP contribution in [0.15, 0.2) is 4.99 Å². The van der Waals surface area contributed by atoms with Crippen molar-refractivity contribution in [3.05, 3.63) is 22.3 Å². The number of hydrogen-bond acceptors (Lipinski definition) is 4. The first-order valence-corrected chi connectivity index (χ1v) is 8.90. The molecule has 1 aromatic rings. The molecular weight excluding hydrogens is 332 g/mol. The van der Waals surface area contributed by atoms with E-state index < -0.39 is 12.0 Å². The molecule has 144 valence electrons. The number of nitrogens with one attached hydrogen (secondary N) is 1. The number of nitrogens with two attached hydrogens (primary N) is 2. The first kappa shape index (κ1) is 19.9. The predicted octanol–water partition coefficient (Wildman–Crippen LogP) is 2.24. The number of guanidine groups is 1. The summed E-state index contributed by atoms with van der Waals surface area (Å²) in [6.45, 7) is 10.6. The average Bonchev–Trinajstić information content (AvgIpc) is 2.86.